The van der Waals surface area contributed by atoms with Crippen LogP contribution < -0.4 is 17.1 Å². The zero-order valence-corrected chi connectivity index (χ0v) is 23.5. The van der Waals surface area contributed by atoms with Gasteiger partial charge in [0.05, 0.1) is 39.1 Å². The Morgan fingerprint density at radius 2 is 1.57 bits per heavy atom. The van der Waals surface area contributed by atoms with Crippen molar-refractivity contribution in [2.24, 2.45) is 0 Å². The highest BCUT2D eigenvalue weighted by Gasteiger charge is 2.25. The third-order valence-corrected chi connectivity index (χ3v) is 6.34. The fourth-order valence-electron chi connectivity index (χ4n) is 4.39. The molecular weight excluding hydrogens is 486 g/mol. The van der Waals surface area contributed by atoms with E-state index in [1.54, 1.807) is 7.11 Å². The molecule has 202 valence electrons. The Hall–Kier alpha value is -2.83. The van der Waals surface area contributed by atoms with Crippen LogP contribution in [0.25, 0.3) is 16.9 Å². The van der Waals surface area contributed by atoms with Crippen LogP contribution in [0.2, 0.25) is 0 Å². The number of para-hydroxylation sites is 1. The van der Waals surface area contributed by atoms with Gasteiger partial charge in [-0.1, -0.05) is 63.6 Å². The Bertz CT molecular complexity index is 1070. The second kappa shape index (κ2) is 15.4. The van der Waals surface area contributed by atoms with Crippen molar-refractivity contribution in [3.05, 3.63) is 66.4 Å². The molecule has 0 spiro atoms. The Balaban J connectivity index is 0.00000481. The van der Waals surface area contributed by atoms with E-state index in [4.69, 9.17) is 14.6 Å². The highest BCUT2D eigenvalue weighted by molar-refractivity contribution is 5.70. The summed E-state index contributed by atoms with van der Waals surface area (Å²) in [4.78, 5) is 12.6. The van der Waals surface area contributed by atoms with Crippen molar-refractivity contribution in [3.63, 3.8) is 0 Å². The van der Waals surface area contributed by atoms with Crippen LogP contribution >= 0.6 is 0 Å². The van der Waals surface area contributed by atoms with Gasteiger partial charge in [0.2, 0.25) is 0 Å². The minimum atomic E-state index is -0.146. The molecule has 1 heterocycles. The van der Waals surface area contributed by atoms with Crippen molar-refractivity contribution in [2.45, 2.75) is 58.4 Å². The molecule has 0 aliphatic heterocycles. The lowest BCUT2D eigenvalue weighted by Crippen LogP contribution is -3.00. The summed E-state index contributed by atoms with van der Waals surface area (Å²) in [5.74, 6) is 0.662. The van der Waals surface area contributed by atoms with Crippen LogP contribution in [0, 0.1) is 0 Å². The SMILES string of the molecule is CCCCCCCCCOC(=O)C[N+](C)(C)Cc1cn(-c2ccccc2)nc1-c1ccc(OC)cc1.[Cl-]. The van der Waals surface area contributed by atoms with Crippen LogP contribution in [0.5, 0.6) is 5.75 Å². The maximum absolute atomic E-state index is 12.6. The topological polar surface area (TPSA) is 53.4 Å². The maximum Gasteiger partial charge on any atom is 0.361 e. The molecule has 3 rings (SSSR count). The quantitative estimate of drug-likeness (QED) is 0.173. The van der Waals surface area contributed by atoms with Gasteiger partial charge >= 0.3 is 5.97 Å². The number of unbranched alkanes of at least 4 members (excludes halogenated alkanes) is 6. The normalized spacial score (nSPS) is 11.1. The first-order valence-corrected chi connectivity index (χ1v) is 13.2. The van der Waals surface area contributed by atoms with Crippen LogP contribution in [0.3, 0.4) is 0 Å². The van der Waals surface area contributed by atoms with Gasteiger partial charge in [0.25, 0.3) is 0 Å². The van der Waals surface area contributed by atoms with Gasteiger partial charge in [0.1, 0.15) is 18.0 Å². The lowest BCUT2D eigenvalue weighted by Gasteiger charge is -2.28. The van der Waals surface area contributed by atoms with Gasteiger partial charge in [0, 0.05) is 11.8 Å². The van der Waals surface area contributed by atoms with E-state index in [-0.39, 0.29) is 18.4 Å². The smallest absolute Gasteiger partial charge is 0.361 e. The number of nitrogens with zero attached hydrogens (tertiary/aromatic N) is 3. The van der Waals surface area contributed by atoms with E-state index in [1.807, 2.05) is 59.3 Å². The molecule has 0 amide bonds. The fourth-order valence-corrected chi connectivity index (χ4v) is 4.39. The van der Waals surface area contributed by atoms with Crippen LogP contribution in [-0.4, -0.2) is 54.6 Å². The molecule has 0 radical (unpaired) electrons. The van der Waals surface area contributed by atoms with Crippen molar-refractivity contribution in [1.82, 2.24) is 9.78 Å². The minimum absolute atomic E-state index is 0. The third-order valence-electron chi connectivity index (χ3n) is 6.34. The molecule has 2 aromatic carbocycles. The summed E-state index contributed by atoms with van der Waals surface area (Å²) in [6.45, 7) is 3.71. The predicted molar refractivity (Wildman–Crippen MR) is 145 cm³/mol. The van der Waals surface area contributed by atoms with E-state index in [2.05, 4.69) is 27.2 Å². The second-order valence-corrected chi connectivity index (χ2v) is 10.1. The standard InChI is InChI=1S/C30H42N3O3.ClH/c1-5-6-7-8-9-10-14-21-36-29(34)24-33(2,3)23-26-22-32(27-15-12-11-13-16-27)31-30(26)25-17-19-28(35-4)20-18-25;/h11-13,15-20,22H,5-10,14,21,23-24H2,1-4H3;1H/q+1;/p-1. The van der Waals surface area contributed by atoms with Crippen LogP contribution in [0.1, 0.15) is 57.4 Å². The first-order chi connectivity index (χ1) is 17.4. The number of methoxy groups -OCH3 is 1. The monoisotopic (exact) mass is 527 g/mol. The predicted octanol–water partition coefficient (Wildman–Crippen LogP) is 3.42. The molecule has 0 unspecified atom stereocenters. The second-order valence-electron chi connectivity index (χ2n) is 10.1. The van der Waals surface area contributed by atoms with Gasteiger partial charge < -0.3 is 26.4 Å². The van der Waals surface area contributed by atoms with E-state index in [9.17, 15) is 4.79 Å². The fraction of sp³-hybridized carbons (Fsp3) is 0.467. The van der Waals surface area contributed by atoms with Gasteiger partial charge in [-0.2, -0.15) is 5.10 Å². The number of likely N-dealkylation sites (N-methyl/N-ethyl adjacent to an activating group) is 1. The number of benzene rings is 2. The number of quaternary nitrogens is 1. The molecule has 0 saturated carbocycles. The molecule has 0 fully saturated rings. The molecule has 0 aliphatic carbocycles. The van der Waals surface area contributed by atoms with Crippen molar-refractivity contribution in [3.8, 4) is 22.7 Å². The number of hydrogen-bond donors (Lipinski definition) is 0. The zero-order valence-electron chi connectivity index (χ0n) is 22.8. The lowest BCUT2D eigenvalue weighted by molar-refractivity contribution is -0.896. The van der Waals surface area contributed by atoms with Gasteiger partial charge in [0.15, 0.2) is 6.54 Å². The molecule has 0 N–H and O–H groups in total. The lowest BCUT2D eigenvalue weighted by atomic mass is 10.1. The Morgan fingerprint density at radius 3 is 2.22 bits per heavy atom. The number of rotatable bonds is 15. The van der Waals surface area contributed by atoms with Crippen LogP contribution in [-0.2, 0) is 16.1 Å². The molecule has 7 heteroatoms. The van der Waals surface area contributed by atoms with Crippen molar-refractivity contribution >= 4 is 5.97 Å². The molecule has 0 bridgehead atoms. The maximum atomic E-state index is 12.6. The Labute approximate surface area is 228 Å². The Morgan fingerprint density at radius 1 is 0.919 bits per heavy atom. The van der Waals surface area contributed by atoms with Gasteiger partial charge in [-0.25, -0.2) is 9.48 Å². The van der Waals surface area contributed by atoms with E-state index in [1.165, 1.54) is 32.1 Å². The van der Waals surface area contributed by atoms with Crippen molar-refractivity contribution < 1.29 is 31.2 Å². The summed E-state index contributed by atoms with van der Waals surface area (Å²) in [6.07, 6.45) is 10.5. The molecular formula is C30H42ClN3O3. The number of carbonyl (C=O) groups is 1. The number of carbonyl (C=O) groups excluding carboxylic acids is 1. The summed E-state index contributed by atoms with van der Waals surface area (Å²) in [6, 6.07) is 18.0. The van der Waals surface area contributed by atoms with Crippen LogP contribution in [0.4, 0.5) is 0 Å². The van der Waals surface area contributed by atoms with E-state index >= 15 is 0 Å². The molecule has 3 aromatic rings. The average Bonchev–Trinajstić information content (AvgIpc) is 3.28. The summed E-state index contributed by atoms with van der Waals surface area (Å²) in [7, 11) is 5.79. The van der Waals surface area contributed by atoms with E-state index in [0.717, 1.165) is 41.1 Å². The summed E-state index contributed by atoms with van der Waals surface area (Å²) >= 11 is 0. The largest absolute Gasteiger partial charge is 1.00 e. The number of hydrogen-bond acceptors (Lipinski definition) is 4. The average molecular weight is 528 g/mol. The number of aromatic nitrogens is 2. The highest BCUT2D eigenvalue weighted by atomic mass is 35.5. The first kappa shape index (κ1) is 30.4. The summed E-state index contributed by atoms with van der Waals surface area (Å²) in [5, 5.41) is 4.92. The van der Waals surface area contributed by atoms with Crippen molar-refractivity contribution in [2.75, 3.05) is 34.4 Å². The number of esters is 1. The molecule has 0 aliphatic rings. The number of halogens is 1. The molecule has 6 nitrogen and oxygen atoms in total. The Kier molecular flexibility index (Phi) is 12.7. The van der Waals surface area contributed by atoms with Gasteiger partial charge in [-0.05, 0) is 42.8 Å². The van der Waals surface area contributed by atoms with Gasteiger partial charge in [-0.15, -0.1) is 0 Å². The first-order valence-electron chi connectivity index (χ1n) is 13.2. The molecule has 0 saturated heterocycles. The highest BCUT2D eigenvalue weighted by Crippen LogP contribution is 2.27. The molecule has 1 aromatic heterocycles. The molecule has 0 atom stereocenters. The van der Waals surface area contributed by atoms with Crippen molar-refractivity contribution in [1.29, 1.82) is 0 Å². The molecule has 37 heavy (non-hydrogen) atoms. The summed E-state index contributed by atoms with van der Waals surface area (Å²) in [5.41, 5.74) is 4.00. The van der Waals surface area contributed by atoms with E-state index < -0.39 is 0 Å². The van der Waals surface area contributed by atoms with Gasteiger partial charge in [-0.3, -0.25) is 0 Å². The zero-order chi connectivity index (χ0) is 25.8. The minimum Gasteiger partial charge on any atom is -1.00 e. The van der Waals surface area contributed by atoms with E-state index in [0.29, 0.717) is 24.2 Å². The number of ether oxygens (including phenoxy) is 2. The third kappa shape index (κ3) is 9.86. The summed E-state index contributed by atoms with van der Waals surface area (Å²) < 4.78 is 13.3. The van der Waals surface area contributed by atoms with Crippen LogP contribution in [0.15, 0.2) is 60.8 Å².